The van der Waals surface area contributed by atoms with Crippen molar-refractivity contribution >= 4 is 15.9 Å². The number of carbonyl (C=O) groups excluding carboxylic acids is 1. The zero-order chi connectivity index (χ0) is 16.2. The molecule has 0 N–H and O–H groups in total. The van der Waals surface area contributed by atoms with E-state index in [9.17, 15) is 13.2 Å². The van der Waals surface area contributed by atoms with Crippen molar-refractivity contribution < 1.29 is 13.2 Å². The normalized spacial score (nSPS) is 11.7. The number of benzene rings is 1. The van der Waals surface area contributed by atoms with Gasteiger partial charge in [0.2, 0.25) is 15.9 Å². The number of sulfonamides is 1. The van der Waals surface area contributed by atoms with Gasteiger partial charge in [-0.15, -0.1) is 0 Å². The van der Waals surface area contributed by atoms with Gasteiger partial charge in [-0.05, 0) is 37.5 Å². The van der Waals surface area contributed by atoms with Crippen LogP contribution < -0.4 is 0 Å². The van der Waals surface area contributed by atoms with Gasteiger partial charge in [0.25, 0.3) is 0 Å². The Bertz CT molecular complexity index is 609. The van der Waals surface area contributed by atoms with Crippen LogP contribution >= 0.6 is 0 Å². The maximum Gasteiger partial charge on any atom is 0.243 e. The molecule has 1 amide bonds. The molecule has 1 aromatic rings. The molecule has 0 bridgehead atoms. The van der Waals surface area contributed by atoms with E-state index in [-0.39, 0.29) is 17.3 Å². The van der Waals surface area contributed by atoms with Crippen molar-refractivity contribution in [1.29, 1.82) is 0 Å². The fraction of sp³-hybridized carbons (Fsp3) is 0.533. The standard InChI is InChI=1S/C15H24N2O3S/c1-6-9-17(11-15(18)16(4)5)21(19,20)14-10-12(2)7-8-13(14)3/h7-8,10H,6,9,11H2,1-5H3. The summed E-state index contributed by atoms with van der Waals surface area (Å²) in [5.41, 5.74) is 1.58. The van der Waals surface area contributed by atoms with Crippen LogP contribution in [0.2, 0.25) is 0 Å². The lowest BCUT2D eigenvalue weighted by Gasteiger charge is -2.23. The van der Waals surface area contributed by atoms with Crippen molar-refractivity contribution in [1.82, 2.24) is 9.21 Å². The molecule has 0 fully saturated rings. The van der Waals surface area contributed by atoms with Crippen LogP contribution in [-0.2, 0) is 14.8 Å². The highest BCUT2D eigenvalue weighted by Crippen LogP contribution is 2.21. The molecule has 0 atom stereocenters. The van der Waals surface area contributed by atoms with E-state index >= 15 is 0 Å². The molecular formula is C15H24N2O3S. The first kappa shape index (κ1) is 17.7. The lowest BCUT2D eigenvalue weighted by molar-refractivity contribution is -0.128. The third kappa shape index (κ3) is 4.28. The van der Waals surface area contributed by atoms with E-state index in [4.69, 9.17) is 0 Å². The lowest BCUT2D eigenvalue weighted by atomic mass is 10.2. The molecule has 1 aromatic carbocycles. The summed E-state index contributed by atoms with van der Waals surface area (Å²) in [7, 11) is -0.415. The van der Waals surface area contributed by atoms with Crippen molar-refractivity contribution in [2.45, 2.75) is 32.1 Å². The maximum atomic E-state index is 12.8. The largest absolute Gasteiger partial charge is 0.348 e. The van der Waals surface area contributed by atoms with Crippen molar-refractivity contribution in [3.05, 3.63) is 29.3 Å². The van der Waals surface area contributed by atoms with Crippen LogP contribution in [-0.4, -0.2) is 50.7 Å². The molecule has 0 aliphatic heterocycles. The average molecular weight is 312 g/mol. The van der Waals surface area contributed by atoms with Crippen LogP contribution in [0.15, 0.2) is 23.1 Å². The summed E-state index contributed by atoms with van der Waals surface area (Å²) in [5, 5.41) is 0. The monoisotopic (exact) mass is 312 g/mol. The van der Waals surface area contributed by atoms with Gasteiger partial charge in [0.05, 0.1) is 11.4 Å². The van der Waals surface area contributed by atoms with Crippen LogP contribution in [0.4, 0.5) is 0 Å². The third-order valence-corrected chi connectivity index (χ3v) is 5.23. The molecule has 5 nitrogen and oxygen atoms in total. The van der Waals surface area contributed by atoms with E-state index in [2.05, 4.69) is 0 Å². The zero-order valence-corrected chi connectivity index (χ0v) is 14.2. The number of amides is 1. The van der Waals surface area contributed by atoms with Crippen LogP contribution in [0.25, 0.3) is 0 Å². The highest BCUT2D eigenvalue weighted by atomic mass is 32.2. The predicted octanol–water partition coefficient (Wildman–Crippen LogP) is 1.79. The highest BCUT2D eigenvalue weighted by molar-refractivity contribution is 7.89. The number of nitrogens with zero attached hydrogens (tertiary/aromatic N) is 2. The van der Waals surface area contributed by atoms with E-state index in [1.807, 2.05) is 19.9 Å². The maximum absolute atomic E-state index is 12.8. The second-order valence-corrected chi connectivity index (χ2v) is 7.30. The lowest BCUT2D eigenvalue weighted by Crippen LogP contribution is -2.40. The predicted molar refractivity (Wildman–Crippen MR) is 83.7 cm³/mol. The Kier molecular flexibility index (Phi) is 5.92. The smallest absolute Gasteiger partial charge is 0.243 e. The van der Waals surface area contributed by atoms with E-state index in [0.29, 0.717) is 18.5 Å². The Morgan fingerprint density at radius 2 is 1.81 bits per heavy atom. The summed E-state index contributed by atoms with van der Waals surface area (Å²) >= 11 is 0. The number of aryl methyl sites for hydroxylation is 2. The molecule has 0 aromatic heterocycles. The van der Waals surface area contributed by atoms with Crippen molar-refractivity contribution in [2.75, 3.05) is 27.2 Å². The zero-order valence-electron chi connectivity index (χ0n) is 13.4. The Morgan fingerprint density at radius 1 is 1.19 bits per heavy atom. The minimum absolute atomic E-state index is 0.128. The molecule has 21 heavy (non-hydrogen) atoms. The first-order chi connectivity index (χ1) is 9.70. The van der Waals surface area contributed by atoms with Crippen LogP contribution in [0.1, 0.15) is 24.5 Å². The third-order valence-electron chi connectivity index (χ3n) is 3.24. The molecule has 0 aliphatic carbocycles. The first-order valence-electron chi connectivity index (χ1n) is 6.97. The molecule has 0 unspecified atom stereocenters. The number of likely N-dealkylation sites (N-methyl/N-ethyl adjacent to an activating group) is 1. The number of rotatable bonds is 6. The van der Waals surface area contributed by atoms with Gasteiger partial charge in [-0.25, -0.2) is 8.42 Å². The SMILES string of the molecule is CCCN(CC(=O)N(C)C)S(=O)(=O)c1cc(C)ccc1C. The summed E-state index contributed by atoms with van der Waals surface area (Å²) in [6.07, 6.45) is 0.658. The minimum Gasteiger partial charge on any atom is -0.348 e. The first-order valence-corrected chi connectivity index (χ1v) is 8.41. The average Bonchev–Trinajstić information content (AvgIpc) is 2.40. The Labute approximate surface area is 127 Å². The fourth-order valence-corrected chi connectivity index (χ4v) is 3.74. The quantitative estimate of drug-likeness (QED) is 0.805. The molecule has 0 aliphatic rings. The number of hydrogen-bond donors (Lipinski definition) is 0. The van der Waals surface area contributed by atoms with Crippen molar-refractivity contribution in [2.24, 2.45) is 0 Å². The summed E-state index contributed by atoms with van der Waals surface area (Å²) in [6.45, 7) is 5.72. The second kappa shape index (κ2) is 7.04. The van der Waals surface area contributed by atoms with Crippen molar-refractivity contribution in [3.63, 3.8) is 0 Å². The molecule has 0 saturated heterocycles. The topological polar surface area (TPSA) is 57.7 Å². The Balaban J connectivity index is 3.21. The van der Waals surface area contributed by atoms with Crippen LogP contribution in [0.3, 0.4) is 0 Å². The fourth-order valence-electron chi connectivity index (χ4n) is 1.95. The highest BCUT2D eigenvalue weighted by Gasteiger charge is 2.27. The molecule has 0 radical (unpaired) electrons. The minimum atomic E-state index is -3.66. The molecule has 6 heteroatoms. The van der Waals surface area contributed by atoms with Gasteiger partial charge < -0.3 is 4.90 Å². The van der Waals surface area contributed by atoms with Gasteiger partial charge >= 0.3 is 0 Å². The Hall–Kier alpha value is -1.40. The molecule has 1 rings (SSSR count). The molecule has 0 saturated carbocycles. The molecule has 118 valence electrons. The van der Waals surface area contributed by atoms with Gasteiger partial charge in [0, 0.05) is 20.6 Å². The number of carbonyl (C=O) groups is 1. The molecule has 0 spiro atoms. The number of hydrogen-bond acceptors (Lipinski definition) is 3. The summed E-state index contributed by atoms with van der Waals surface area (Å²) in [5.74, 6) is -0.225. The van der Waals surface area contributed by atoms with E-state index < -0.39 is 10.0 Å². The van der Waals surface area contributed by atoms with E-state index in [1.165, 1.54) is 9.21 Å². The van der Waals surface area contributed by atoms with Crippen molar-refractivity contribution in [3.8, 4) is 0 Å². The second-order valence-electron chi connectivity index (χ2n) is 5.40. The van der Waals surface area contributed by atoms with Gasteiger partial charge in [-0.3, -0.25) is 4.79 Å². The van der Waals surface area contributed by atoms with Gasteiger partial charge in [0.1, 0.15) is 0 Å². The van der Waals surface area contributed by atoms with E-state index in [0.717, 1.165) is 5.56 Å². The Morgan fingerprint density at radius 3 is 2.33 bits per heavy atom. The van der Waals surface area contributed by atoms with Gasteiger partial charge in [-0.2, -0.15) is 4.31 Å². The van der Waals surface area contributed by atoms with Gasteiger partial charge in [0.15, 0.2) is 0 Å². The van der Waals surface area contributed by atoms with Crippen LogP contribution in [0, 0.1) is 13.8 Å². The molecule has 0 heterocycles. The van der Waals surface area contributed by atoms with Crippen LogP contribution in [0.5, 0.6) is 0 Å². The summed E-state index contributed by atoms with van der Waals surface area (Å²) in [6, 6.07) is 5.33. The summed E-state index contributed by atoms with van der Waals surface area (Å²) in [4.78, 5) is 13.6. The molecular weight excluding hydrogens is 288 g/mol. The van der Waals surface area contributed by atoms with Gasteiger partial charge in [-0.1, -0.05) is 19.1 Å². The van der Waals surface area contributed by atoms with E-state index in [1.54, 1.807) is 33.2 Å². The summed E-state index contributed by atoms with van der Waals surface area (Å²) < 4.78 is 26.9.